The van der Waals surface area contributed by atoms with Crippen molar-refractivity contribution in [3.8, 4) is 11.1 Å². The zero-order valence-corrected chi connectivity index (χ0v) is 15.7. The molecule has 6 rings (SSSR count). The molecule has 1 heterocycles. The molecule has 28 heavy (non-hydrogen) atoms. The minimum Gasteiger partial charge on any atom is -0.456 e. The standard InChI is InChI=1S/C26H15ClO/c27-17-12-13-24-23(15-17)26-21(10-5-11-25(26)28-24)22-14-16-6-1-2-7-18(16)19-8-3-4-9-20(19)22/h1-15H. The van der Waals surface area contributed by atoms with Gasteiger partial charge in [0.2, 0.25) is 0 Å². The molecule has 0 aliphatic heterocycles. The van der Waals surface area contributed by atoms with Crippen molar-refractivity contribution in [2.24, 2.45) is 0 Å². The van der Waals surface area contributed by atoms with Gasteiger partial charge in [0, 0.05) is 15.8 Å². The minimum atomic E-state index is 0.716. The molecule has 0 radical (unpaired) electrons. The van der Waals surface area contributed by atoms with Gasteiger partial charge in [0.1, 0.15) is 11.2 Å². The van der Waals surface area contributed by atoms with Crippen LogP contribution in [0.2, 0.25) is 5.02 Å². The van der Waals surface area contributed by atoms with E-state index in [1.54, 1.807) is 0 Å². The number of furan rings is 1. The van der Waals surface area contributed by atoms with E-state index in [-0.39, 0.29) is 0 Å². The van der Waals surface area contributed by atoms with Gasteiger partial charge in [0.25, 0.3) is 0 Å². The van der Waals surface area contributed by atoms with Gasteiger partial charge in [0.15, 0.2) is 0 Å². The summed E-state index contributed by atoms with van der Waals surface area (Å²) in [4.78, 5) is 0. The number of hydrogen-bond acceptors (Lipinski definition) is 1. The van der Waals surface area contributed by atoms with Crippen molar-refractivity contribution in [3.63, 3.8) is 0 Å². The van der Waals surface area contributed by atoms with Gasteiger partial charge in [-0.2, -0.15) is 0 Å². The van der Waals surface area contributed by atoms with Gasteiger partial charge >= 0.3 is 0 Å². The van der Waals surface area contributed by atoms with E-state index in [0.29, 0.717) is 5.02 Å². The third kappa shape index (κ3) is 2.20. The molecule has 0 saturated heterocycles. The summed E-state index contributed by atoms with van der Waals surface area (Å²) in [7, 11) is 0. The fourth-order valence-corrected chi connectivity index (χ4v) is 4.47. The Morgan fingerprint density at radius 1 is 0.536 bits per heavy atom. The molecule has 0 amide bonds. The summed E-state index contributed by atoms with van der Waals surface area (Å²) in [5.74, 6) is 0. The first-order valence-electron chi connectivity index (χ1n) is 9.31. The molecule has 1 nitrogen and oxygen atoms in total. The van der Waals surface area contributed by atoms with E-state index < -0.39 is 0 Å². The quantitative estimate of drug-likeness (QED) is 0.263. The van der Waals surface area contributed by atoms with Gasteiger partial charge in [-0.1, -0.05) is 72.3 Å². The molecule has 0 bridgehead atoms. The van der Waals surface area contributed by atoms with E-state index in [9.17, 15) is 0 Å². The van der Waals surface area contributed by atoms with E-state index in [1.807, 2.05) is 24.3 Å². The Morgan fingerprint density at radius 2 is 1.32 bits per heavy atom. The van der Waals surface area contributed by atoms with E-state index in [0.717, 1.165) is 21.9 Å². The Labute approximate surface area is 166 Å². The van der Waals surface area contributed by atoms with Crippen molar-refractivity contribution in [1.82, 2.24) is 0 Å². The second kappa shape index (κ2) is 5.85. The molecule has 0 atom stereocenters. The Hall–Kier alpha value is -3.29. The van der Waals surface area contributed by atoms with Gasteiger partial charge in [-0.25, -0.2) is 0 Å². The smallest absolute Gasteiger partial charge is 0.136 e. The third-order valence-electron chi connectivity index (χ3n) is 5.52. The van der Waals surface area contributed by atoms with Crippen molar-refractivity contribution < 1.29 is 4.42 Å². The molecule has 0 aliphatic rings. The summed E-state index contributed by atoms with van der Waals surface area (Å²) < 4.78 is 6.11. The summed E-state index contributed by atoms with van der Waals surface area (Å²) in [5, 5.41) is 7.89. The second-order valence-electron chi connectivity index (χ2n) is 7.11. The Bertz CT molecular complexity index is 1520. The van der Waals surface area contributed by atoms with E-state index >= 15 is 0 Å². The Kier molecular flexibility index (Phi) is 3.29. The molecular weight excluding hydrogens is 364 g/mol. The highest BCUT2D eigenvalue weighted by atomic mass is 35.5. The second-order valence-corrected chi connectivity index (χ2v) is 7.55. The van der Waals surface area contributed by atoms with Crippen molar-refractivity contribution >= 4 is 55.1 Å². The summed E-state index contributed by atoms with van der Waals surface area (Å²) in [5.41, 5.74) is 4.12. The first-order valence-corrected chi connectivity index (χ1v) is 9.69. The van der Waals surface area contributed by atoms with Crippen LogP contribution in [0.4, 0.5) is 0 Å². The Morgan fingerprint density at radius 3 is 2.21 bits per heavy atom. The molecule has 2 heteroatoms. The normalized spacial score (nSPS) is 11.8. The summed E-state index contributed by atoms with van der Waals surface area (Å²) in [6, 6.07) is 31.5. The lowest BCUT2D eigenvalue weighted by atomic mass is 9.91. The summed E-state index contributed by atoms with van der Waals surface area (Å²) in [6.45, 7) is 0. The maximum absolute atomic E-state index is 6.31. The first-order chi connectivity index (χ1) is 13.8. The zero-order chi connectivity index (χ0) is 18.7. The third-order valence-corrected chi connectivity index (χ3v) is 5.75. The summed E-state index contributed by atoms with van der Waals surface area (Å²) >= 11 is 6.31. The van der Waals surface area contributed by atoms with Crippen LogP contribution in [0.3, 0.4) is 0 Å². The zero-order valence-electron chi connectivity index (χ0n) is 14.9. The van der Waals surface area contributed by atoms with Gasteiger partial charge in [-0.15, -0.1) is 0 Å². The van der Waals surface area contributed by atoms with E-state index in [1.165, 1.54) is 32.7 Å². The lowest BCUT2D eigenvalue weighted by Gasteiger charge is -2.12. The Balaban J connectivity index is 1.82. The summed E-state index contributed by atoms with van der Waals surface area (Å²) in [6.07, 6.45) is 0. The molecule has 5 aromatic carbocycles. The van der Waals surface area contributed by atoms with Gasteiger partial charge in [-0.05, 0) is 63.0 Å². The molecule has 0 saturated carbocycles. The molecule has 0 spiro atoms. The average molecular weight is 379 g/mol. The van der Waals surface area contributed by atoms with Gasteiger partial charge in [-0.3, -0.25) is 0 Å². The molecule has 0 N–H and O–H groups in total. The highest BCUT2D eigenvalue weighted by Crippen LogP contribution is 2.41. The fourth-order valence-electron chi connectivity index (χ4n) is 4.30. The number of fused-ring (bicyclic) bond motifs is 6. The van der Waals surface area contributed by atoms with Crippen LogP contribution in [-0.4, -0.2) is 0 Å². The maximum Gasteiger partial charge on any atom is 0.136 e. The molecule has 0 fully saturated rings. The number of rotatable bonds is 1. The van der Waals surface area contributed by atoms with Crippen molar-refractivity contribution in [1.29, 1.82) is 0 Å². The van der Waals surface area contributed by atoms with Crippen molar-refractivity contribution in [3.05, 3.63) is 96.0 Å². The first kappa shape index (κ1) is 15.7. The minimum absolute atomic E-state index is 0.716. The van der Waals surface area contributed by atoms with Gasteiger partial charge < -0.3 is 4.42 Å². The SMILES string of the molecule is Clc1ccc2oc3cccc(-c4cc5ccccc5c5ccccc45)c3c2c1. The lowest BCUT2D eigenvalue weighted by molar-refractivity contribution is 0.669. The topological polar surface area (TPSA) is 13.1 Å². The number of hydrogen-bond donors (Lipinski definition) is 0. The van der Waals surface area contributed by atoms with Crippen LogP contribution < -0.4 is 0 Å². The largest absolute Gasteiger partial charge is 0.456 e. The number of benzene rings is 5. The van der Waals surface area contributed by atoms with Crippen LogP contribution in [-0.2, 0) is 0 Å². The highest BCUT2D eigenvalue weighted by molar-refractivity contribution is 6.32. The van der Waals surface area contributed by atoms with E-state index in [4.69, 9.17) is 16.0 Å². The predicted molar refractivity (Wildman–Crippen MR) is 119 cm³/mol. The maximum atomic E-state index is 6.31. The molecule has 0 unspecified atom stereocenters. The van der Waals surface area contributed by atoms with Crippen LogP contribution >= 0.6 is 11.6 Å². The highest BCUT2D eigenvalue weighted by Gasteiger charge is 2.15. The van der Waals surface area contributed by atoms with Crippen molar-refractivity contribution in [2.75, 3.05) is 0 Å². The average Bonchev–Trinajstić information content (AvgIpc) is 3.11. The molecule has 6 aromatic rings. The lowest BCUT2D eigenvalue weighted by Crippen LogP contribution is -1.85. The molecule has 0 aliphatic carbocycles. The monoisotopic (exact) mass is 378 g/mol. The van der Waals surface area contributed by atoms with E-state index in [2.05, 4.69) is 66.7 Å². The van der Waals surface area contributed by atoms with Crippen LogP contribution in [0.25, 0.3) is 54.6 Å². The van der Waals surface area contributed by atoms with Crippen LogP contribution in [0.1, 0.15) is 0 Å². The van der Waals surface area contributed by atoms with Crippen LogP contribution in [0.5, 0.6) is 0 Å². The van der Waals surface area contributed by atoms with Crippen molar-refractivity contribution in [2.45, 2.75) is 0 Å². The van der Waals surface area contributed by atoms with Crippen LogP contribution in [0, 0.1) is 0 Å². The van der Waals surface area contributed by atoms with Crippen LogP contribution in [0.15, 0.2) is 95.4 Å². The predicted octanol–water partition coefficient (Wildman–Crippen LogP) is 8.21. The molecule has 132 valence electrons. The number of halogens is 1. The fraction of sp³-hybridized carbons (Fsp3) is 0. The molecule has 1 aromatic heterocycles. The van der Waals surface area contributed by atoms with Gasteiger partial charge in [0.05, 0.1) is 0 Å². The molecular formula is C26H15ClO.